The minimum Gasteiger partial charge on any atom is -0.438 e. The fraction of sp³-hybridized carbons (Fsp3) is 0.636. The summed E-state index contributed by atoms with van der Waals surface area (Å²) in [4.78, 5) is 15.6. The second-order valence-corrected chi connectivity index (χ2v) is 4.12. The summed E-state index contributed by atoms with van der Waals surface area (Å²) in [5, 5.41) is 6.23. The molecule has 1 aliphatic heterocycles. The molecule has 0 spiro atoms. The van der Waals surface area contributed by atoms with Crippen LogP contribution in [0.25, 0.3) is 0 Å². The molecular weight excluding hydrogens is 206 g/mol. The van der Waals surface area contributed by atoms with E-state index in [0.29, 0.717) is 24.0 Å². The Bertz CT molecular complexity index is 356. The highest BCUT2D eigenvalue weighted by Gasteiger charge is 2.17. The Morgan fingerprint density at radius 2 is 2.56 bits per heavy atom. The Morgan fingerprint density at radius 1 is 1.69 bits per heavy atom. The molecule has 0 radical (unpaired) electrons. The van der Waals surface area contributed by atoms with E-state index in [9.17, 15) is 4.79 Å². The van der Waals surface area contributed by atoms with Crippen molar-refractivity contribution < 1.29 is 9.21 Å². The third-order valence-corrected chi connectivity index (χ3v) is 2.87. The monoisotopic (exact) mass is 223 g/mol. The second kappa shape index (κ2) is 5.12. The highest BCUT2D eigenvalue weighted by molar-refractivity contribution is 5.92. The zero-order chi connectivity index (χ0) is 11.4. The second-order valence-electron chi connectivity index (χ2n) is 4.12. The number of hydrogen-bond acceptors (Lipinski definition) is 4. The number of carbonyl (C=O) groups excluding carboxylic acids is 1. The summed E-state index contributed by atoms with van der Waals surface area (Å²) in [7, 11) is 0. The molecule has 1 aromatic heterocycles. The maximum Gasteiger partial charge on any atom is 0.289 e. The molecule has 1 aliphatic rings. The molecule has 16 heavy (non-hydrogen) atoms. The molecule has 2 rings (SSSR count). The quantitative estimate of drug-likeness (QED) is 0.797. The van der Waals surface area contributed by atoms with Gasteiger partial charge in [0, 0.05) is 12.6 Å². The van der Waals surface area contributed by atoms with Gasteiger partial charge in [-0.3, -0.25) is 4.79 Å². The normalized spacial score (nSPS) is 20.7. The van der Waals surface area contributed by atoms with Gasteiger partial charge in [-0.25, -0.2) is 4.98 Å². The SMILES string of the molecule is Cc1ncoc1C(=O)NCC1CCCCN1. The van der Waals surface area contributed by atoms with Gasteiger partial charge in [0.1, 0.15) is 0 Å². The maximum absolute atomic E-state index is 11.7. The van der Waals surface area contributed by atoms with Gasteiger partial charge in [-0.1, -0.05) is 6.42 Å². The van der Waals surface area contributed by atoms with Crippen molar-refractivity contribution in [3.05, 3.63) is 17.8 Å². The number of oxazole rings is 1. The molecule has 2 heterocycles. The Morgan fingerprint density at radius 3 is 3.19 bits per heavy atom. The minimum absolute atomic E-state index is 0.178. The van der Waals surface area contributed by atoms with E-state index in [-0.39, 0.29) is 5.91 Å². The van der Waals surface area contributed by atoms with Crippen LogP contribution in [0.1, 0.15) is 35.5 Å². The lowest BCUT2D eigenvalue weighted by Gasteiger charge is -2.23. The summed E-state index contributed by atoms with van der Waals surface area (Å²) in [6, 6.07) is 0.390. The first-order valence-corrected chi connectivity index (χ1v) is 5.69. The lowest BCUT2D eigenvalue weighted by molar-refractivity contribution is 0.0919. The van der Waals surface area contributed by atoms with Gasteiger partial charge in [0.15, 0.2) is 6.39 Å². The van der Waals surface area contributed by atoms with Crippen LogP contribution in [0.2, 0.25) is 0 Å². The molecule has 5 heteroatoms. The highest BCUT2D eigenvalue weighted by atomic mass is 16.3. The molecule has 0 aromatic carbocycles. The third kappa shape index (κ3) is 2.61. The zero-order valence-corrected chi connectivity index (χ0v) is 9.45. The van der Waals surface area contributed by atoms with Gasteiger partial charge in [0.25, 0.3) is 5.91 Å². The average Bonchev–Trinajstić information content (AvgIpc) is 2.74. The number of nitrogens with one attached hydrogen (secondary N) is 2. The first kappa shape index (κ1) is 11.1. The number of carbonyl (C=O) groups is 1. The van der Waals surface area contributed by atoms with Crippen LogP contribution < -0.4 is 10.6 Å². The smallest absolute Gasteiger partial charge is 0.289 e. The molecule has 1 saturated heterocycles. The lowest BCUT2D eigenvalue weighted by atomic mass is 10.1. The minimum atomic E-state index is -0.178. The Labute approximate surface area is 94.6 Å². The maximum atomic E-state index is 11.7. The number of rotatable bonds is 3. The van der Waals surface area contributed by atoms with Gasteiger partial charge in [-0.2, -0.15) is 0 Å². The molecule has 1 amide bonds. The van der Waals surface area contributed by atoms with Crippen molar-refractivity contribution in [3.8, 4) is 0 Å². The van der Waals surface area contributed by atoms with Crippen molar-refractivity contribution in [1.29, 1.82) is 0 Å². The predicted molar refractivity (Wildman–Crippen MR) is 59.2 cm³/mol. The molecule has 1 unspecified atom stereocenters. The lowest BCUT2D eigenvalue weighted by Crippen LogP contribution is -2.43. The first-order valence-electron chi connectivity index (χ1n) is 5.69. The third-order valence-electron chi connectivity index (χ3n) is 2.87. The van der Waals surface area contributed by atoms with Crippen molar-refractivity contribution in [3.63, 3.8) is 0 Å². The van der Waals surface area contributed by atoms with Crippen LogP contribution in [-0.4, -0.2) is 30.0 Å². The standard InChI is InChI=1S/C11H17N3O2/c1-8-10(16-7-14-8)11(15)13-6-9-4-2-3-5-12-9/h7,9,12H,2-6H2,1H3,(H,13,15). The highest BCUT2D eigenvalue weighted by Crippen LogP contribution is 2.07. The van der Waals surface area contributed by atoms with Gasteiger partial charge >= 0.3 is 0 Å². The number of aromatic nitrogens is 1. The van der Waals surface area contributed by atoms with Crippen molar-refractivity contribution in [2.24, 2.45) is 0 Å². The van der Waals surface area contributed by atoms with Gasteiger partial charge in [-0.15, -0.1) is 0 Å². The van der Waals surface area contributed by atoms with Crippen LogP contribution >= 0.6 is 0 Å². The van der Waals surface area contributed by atoms with E-state index >= 15 is 0 Å². The number of hydrogen-bond donors (Lipinski definition) is 2. The largest absolute Gasteiger partial charge is 0.438 e. The number of amides is 1. The molecule has 1 atom stereocenters. The molecule has 2 N–H and O–H groups in total. The van der Waals surface area contributed by atoms with E-state index in [4.69, 9.17) is 4.42 Å². The van der Waals surface area contributed by atoms with Crippen LogP contribution in [0.15, 0.2) is 10.8 Å². The van der Waals surface area contributed by atoms with E-state index < -0.39 is 0 Å². The van der Waals surface area contributed by atoms with Crippen LogP contribution in [0, 0.1) is 6.92 Å². The van der Waals surface area contributed by atoms with Crippen molar-refractivity contribution >= 4 is 5.91 Å². The summed E-state index contributed by atoms with van der Waals surface area (Å²) >= 11 is 0. The summed E-state index contributed by atoms with van der Waals surface area (Å²) in [6.45, 7) is 3.46. The summed E-state index contributed by atoms with van der Waals surface area (Å²) in [6.07, 6.45) is 4.87. The van der Waals surface area contributed by atoms with E-state index in [2.05, 4.69) is 15.6 Å². The van der Waals surface area contributed by atoms with Crippen molar-refractivity contribution in [2.75, 3.05) is 13.1 Å². The van der Waals surface area contributed by atoms with Crippen LogP contribution in [-0.2, 0) is 0 Å². The van der Waals surface area contributed by atoms with Crippen LogP contribution in [0.4, 0.5) is 0 Å². The molecule has 1 fully saturated rings. The zero-order valence-electron chi connectivity index (χ0n) is 9.45. The topological polar surface area (TPSA) is 67.2 Å². The molecule has 1 aromatic rings. The first-order chi connectivity index (χ1) is 7.77. The Hall–Kier alpha value is -1.36. The number of aryl methyl sites for hydroxylation is 1. The Kier molecular flexibility index (Phi) is 3.56. The van der Waals surface area contributed by atoms with Gasteiger partial charge in [0.05, 0.1) is 5.69 Å². The molecule has 0 aliphatic carbocycles. The van der Waals surface area contributed by atoms with Crippen LogP contribution in [0.5, 0.6) is 0 Å². The molecule has 88 valence electrons. The van der Waals surface area contributed by atoms with E-state index in [1.165, 1.54) is 19.2 Å². The summed E-state index contributed by atoms with van der Waals surface area (Å²) in [5.74, 6) is 0.137. The molecule has 5 nitrogen and oxygen atoms in total. The van der Waals surface area contributed by atoms with E-state index in [0.717, 1.165) is 13.0 Å². The molecular formula is C11H17N3O2. The summed E-state index contributed by atoms with van der Waals surface area (Å²) in [5.41, 5.74) is 0.633. The predicted octanol–water partition coefficient (Wildman–Crippen LogP) is 0.855. The van der Waals surface area contributed by atoms with E-state index in [1.807, 2.05) is 0 Å². The summed E-state index contributed by atoms with van der Waals surface area (Å²) < 4.78 is 5.02. The number of piperidine rings is 1. The molecule has 0 saturated carbocycles. The van der Waals surface area contributed by atoms with Crippen molar-refractivity contribution in [2.45, 2.75) is 32.2 Å². The van der Waals surface area contributed by atoms with Gasteiger partial charge < -0.3 is 15.1 Å². The Balaban J connectivity index is 1.81. The van der Waals surface area contributed by atoms with Crippen LogP contribution in [0.3, 0.4) is 0 Å². The van der Waals surface area contributed by atoms with E-state index in [1.54, 1.807) is 6.92 Å². The van der Waals surface area contributed by atoms with Gasteiger partial charge in [-0.05, 0) is 26.3 Å². The average molecular weight is 223 g/mol. The van der Waals surface area contributed by atoms with Gasteiger partial charge in [0.2, 0.25) is 5.76 Å². The fourth-order valence-electron chi connectivity index (χ4n) is 1.91. The number of nitrogens with zero attached hydrogens (tertiary/aromatic N) is 1. The molecule has 0 bridgehead atoms. The fourth-order valence-corrected chi connectivity index (χ4v) is 1.91. The van der Waals surface area contributed by atoms with Crippen molar-refractivity contribution in [1.82, 2.24) is 15.6 Å².